The Morgan fingerprint density at radius 2 is 2.00 bits per heavy atom. The van der Waals surface area contributed by atoms with Gasteiger partial charge >= 0.3 is 0 Å². The van der Waals surface area contributed by atoms with E-state index in [4.69, 9.17) is 5.73 Å². The summed E-state index contributed by atoms with van der Waals surface area (Å²) in [6.45, 7) is 1.93. The molecule has 0 saturated carbocycles. The van der Waals surface area contributed by atoms with Crippen molar-refractivity contribution in [3.63, 3.8) is 0 Å². The van der Waals surface area contributed by atoms with Crippen LogP contribution in [0.15, 0.2) is 40.9 Å². The highest BCUT2D eigenvalue weighted by Crippen LogP contribution is 2.25. The molecule has 15 heavy (non-hydrogen) atoms. The molecule has 0 aliphatic rings. The molecule has 2 aromatic heterocycles. The molecular weight excluding hydrogens is 208 g/mol. The molecule has 0 unspecified atom stereocenters. The fourth-order valence-corrected chi connectivity index (χ4v) is 1.75. The Hall–Kier alpha value is -1.62. The summed E-state index contributed by atoms with van der Waals surface area (Å²) in [7, 11) is 0. The fourth-order valence-electron chi connectivity index (χ4n) is 1.02. The van der Waals surface area contributed by atoms with E-state index in [0.29, 0.717) is 0 Å². The van der Waals surface area contributed by atoms with Crippen LogP contribution in [-0.2, 0) is 0 Å². The highest BCUT2D eigenvalue weighted by atomic mass is 32.2. The zero-order valence-corrected chi connectivity index (χ0v) is 9.03. The number of nitrogens with two attached hydrogens (primary N) is 1. The third-order valence-electron chi connectivity index (χ3n) is 1.87. The quantitative estimate of drug-likeness (QED) is 0.834. The van der Waals surface area contributed by atoms with Gasteiger partial charge in [-0.05, 0) is 30.3 Å². The van der Waals surface area contributed by atoms with Crippen LogP contribution < -0.4 is 5.73 Å². The highest BCUT2D eigenvalue weighted by molar-refractivity contribution is 7.99. The van der Waals surface area contributed by atoms with E-state index in [1.807, 2.05) is 13.0 Å². The van der Waals surface area contributed by atoms with E-state index < -0.39 is 0 Å². The minimum Gasteiger partial charge on any atom is -0.398 e. The Labute approximate surface area is 92.0 Å². The van der Waals surface area contributed by atoms with Gasteiger partial charge in [-0.2, -0.15) is 0 Å². The summed E-state index contributed by atoms with van der Waals surface area (Å²) in [5.74, 6) is 0. The molecule has 4 nitrogen and oxygen atoms in total. The van der Waals surface area contributed by atoms with E-state index in [0.717, 1.165) is 21.3 Å². The zero-order valence-electron chi connectivity index (χ0n) is 8.21. The zero-order chi connectivity index (χ0) is 10.7. The molecule has 0 atom stereocenters. The molecule has 0 spiro atoms. The summed E-state index contributed by atoms with van der Waals surface area (Å²) in [5.41, 5.74) is 7.52. The van der Waals surface area contributed by atoms with Gasteiger partial charge in [-0.25, -0.2) is 9.97 Å². The molecule has 0 amide bonds. The van der Waals surface area contributed by atoms with E-state index >= 15 is 0 Å². The van der Waals surface area contributed by atoms with Gasteiger partial charge in [0.2, 0.25) is 0 Å². The van der Waals surface area contributed by atoms with Crippen LogP contribution in [0, 0.1) is 6.92 Å². The first-order chi connectivity index (χ1) is 7.25. The Morgan fingerprint density at radius 3 is 2.67 bits per heavy atom. The third-order valence-corrected chi connectivity index (χ3v) is 2.72. The predicted octanol–water partition coefficient (Wildman–Crippen LogP) is 1.91. The molecular formula is C10H10N4S. The van der Waals surface area contributed by atoms with Crippen molar-refractivity contribution in [2.45, 2.75) is 17.0 Å². The second-order valence-corrected chi connectivity index (χ2v) is 4.07. The number of anilines is 1. The van der Waals surface area contributed by atoms with Crippen LogP contribution in [-0.4, -0.2) is 15.0 Å². The van der Waals surface area contributed by atoms with Gasteiger partial charge in [-0.15, -0.1) is 0 Å². The number of aromatic nitrogens is 3. The molecule has 2 heterocycles. The first-order valence-electron chi connectivity index (χ1n) is 4.41. The molecule has 2 aromatic rings. The Kier molecular flexibility index (Phi) is 2.82. The van der Waals surface area contributed by atoms with Crippen LogP contribution in [0.5, 0.6) is 0 Å². The number of pyridine rings is 1. The Bertz CT molecular complexity index is 458. The maximum Gasteiger partial charge on any atom is 0.121 e. The molecule has 0 aliphatic carbocycles. The minimum absolute atomic E-state index is 0.747. The smallest absolute Gasteiger partial charge is 0.121 e. The van der Waals surface area contributed by atoms with Crippen LogP contribution in [0.3, 0.4) is 0 Å². The van der Waals surface area contributed by atoms with Crippen molar-refractivity contribution in [1.82, 2.24) is 15.0 Å². The molecule has 76 valence electrons. The van der Waals surface area contributed by atoms with Crippen molar-refractivity contribution in [1.29, 1.82) is 0 Å². The second kappa shape index (κ2) is 4.27. The molecule has 0 aromatic carbocycles. The molecule has 0 saturated heterocycles. The van der Waals surface area contributed by atoms with Gasteiger partial charge in [0.1, 0.15) is 10.1 Å². The van der Waals surface area contributed by atoms with Crippen LogP contribution >= 0.6 is 11.8 Å². The lowest BCUT2D eigenvalue weighted by molar-refractivity contribution is 1.04. The first kappa shape index (κ1) is 9.92. The monoisotopic (exact) mass is 218 g/mol. The van der Waals surface area contributed by atoms with E-state index in [1.165, 1.54) is 11.8 Å². The summed E-state index contributed by atoms with van der Waals surface area (Å²) < 4.78 is 0. The van der Waals surface area contributed by atoms with Gasteiger partial charge in [0, 0.05) is 24.3 Å². The third kappa shape index (κ3) is 2.44. The normalized spacial score (nSPS) is 10.2. The van der Waals surface area contributed by atoms with Crippen LogP contribution in [0.2, 0.25) is 0 Å². The van der Waals surface area contributed by atoms with Crippen LogP contribution in [0.1, 0.15) is 5.56 Å². The van der Waals surface area contributed by atoms with Crippen molar-refractivity contribution in [2.24, 2.45) is 0 Å². The van der Waals surface area contributed by atoms with Crippen LogP contribution in [0.4, 0.5) is 5.69 Å². The average Bonchev–Trinajstić information content (AvgIpc) is 2.25. The van der Waals surface area contributed by atoms with Crippen molar-refractivity contribution in [3.05, 3.63) is 36.4 Å². The SMILES string of the molecule is Cc1cnc(Sc2cnccn2)cc1N. The molecule has 5 heteroatoms. The Balaban J connectivity index is 2.22. The van der Waals surface area contributed by atoms with Gasteiger partial charge in [0.15, 0.2) is 0 Å². The van der Waals surface area contributed by atoms with Crippen molar-refractivity contribution in [3.8, 4) is 0 Å². The second-order valence-electron chi connectivity index (χ2n) is 3.02. The fraction of sp³-hybridized carbons (Fsp3) is 0.100. The number of nitrogens with zero attached hydrogens (tertiary/aromatic N) is 3. The number of aryl methyl sites for hydroxylation is 1. The van der Waals surface area contributed by atoms with Crippen molar-refractivity contribution >= 4 is 17.4 Å². The standard InChI is InChI=1S/C10H10N4S/c1-7-5-14-9(4-8(7)11)15-10-6-12-2-3-13-10/h2-6H,1H3,(H2,11,14). The van der Waals surface area contributed by atoms with E-state index in [2.05, 4.69) is 15.0 Å². The molecule has 0 radical (unpaired) electrons. The van der Waals surface area contributed by atoms with Gasteiger partial charge in [0.25, 0.3) is 0 Å². The summed E-state index contributed by atoms with van der Waals surface area (Å²) in [6.07, 6.45) is 6.75. The molecule has 0 bridgehead atoms. The predicted molar refractivity (Wildman–Crippen MR) is 59.5 cm³/mol. The summed E-state index contributed by atoms with van der Waals surface area (Å²) in [6, 6.07) is 1.84. The summed E-state index contributed by atoms with van der Waals surface area (Å²) >= 11 is 1.45. The molecule has 2 N–H and O–H groups in total. The Morgan fingerprint density at radius 1 is 1.13 bits per heavy atom. The highest BCUT2D eigenvalue weighted by Gasteiger charge is 2.01. The lowest BCUT2D eigenvalue weighted by Crippen LogP contribution is -1.92. The molecule has 0 fully saturated rings. The summed E-state index contributed by atoms with van der Waals surface area (Å²) in [5, 5.41) is 1.65. The number of nitrogen functional groups attached to an aromatic ring is 1. The largest absolute Gasteiger partial charge is 0.398 e. The number of hydrogen-bond donors (Lipinski definition) is 1. The van der Waals surface area contributed by atoms with E-state index in [1.54, 1.807) is 24.8 Å². The number of hydrogen-bond acceptors (Lipinski definition) is 5. The molecule has 2 rings (SSSR count). The first-order valence-corrected chi connectivity index (χ1v) is 5.23. The lowest BCUT2D eigenvalue weighted by atomic mass is 10.3. The van der Waals surface area contributed by atoms with Gasteiger partial charge < -0.3 is 5.73 Å². The maximum atomic E-state index is 5.78. The van der Waals surface area contributed by atoms with Gasteiger partial charge in [-0.1, -0.05) is 0 Å². The maximum absolute atomic E-state index is 5.78. The summed E-state index contributed by atoms with van der Waals surface area (Å²) in [4.78, 5) is 12.4. The van der Waals surface area contributed by atoms with E-state index in [-0.39, 0.29) is 0 Å². The topological polar surface area (TPSA) is 64.7 Å². The van der Waals surface area contributed by atoms with Gasteiger partial charge in [0.05, 0.1) is 6.20 Å². The van der Waals surface area contributed by atoms with Gasteiger partial charge in [-0.3, -0.25) is 4.98 Å². The lowest BCUT2D eigenvalue weighted by Gasteiger charge is -2.02. The van der Waals surface area contributed by atoms with E-state index in [9.17, 15) is 0 Å². The van der Waals surface area contributed by atoms with Crippen LogP contribution in [0.25, 0.3) is 0 Å². The molecule has 0 aliphatic heterocycles. The van der Waals surface area contributed by atoms with Crippen molar-refractivity contribution in [2.75, 3.05) is 5.73 Å². The number of rotatable bonds is 2. The average molecular weight is 218 g/mol. The minimum atomic E-state index is 0.747. The van der Waals surface area contributed by atoms with Crippen molar-refractivity contribution < 1.29 is 0 Å².